The summed E-state index contributed by atoms with van der Waals surface area (Å²) < 4.78 is 67.6. The number of aliphatic imine (C=N–C) groups is 1. The molecule has 2 aromatic rings. The van der Waals surface area contributed by atoms with Gasteiger partial charge in [0, 0.05) is 38.0 Å². The number of rotatable bonds is 4. The maximum absolute atomic E-state index is 13.4. The van der Waals surface area contributed by atoms with E-state index in [0.29, 0.717) is 0 Å². The van der Waals surface area contributed by atoms with Crippen LogP contribution in [0.15, 0.2) is 46.5 Å². The van der Waals surface area contributed by atoms with Crippen molar-refractivity contribution < 1.29 is 26.7 Å². The van der Waals surface area contributed by atoms with Gasteiger partial charge in [-0.1, -0.05) is 12.1 Å². The van der Waals surface area contributed by atoms with Crippen LogP contribution in [0.1, 0.15) is 17.8 Å². The molecule has 1 aromatic heterocycles. The van der Waals surface area contributed by atoms with E-state index in [1.54, 1.807) is 6.07 Å². The predicted molar refractivity (Wildman–Crippen MR) is 85.9 cm³/mol. The lowest BCUT2D eigenvalue weighted by Gasteiger charge is -2.29. The molecule has 7 nitrogen and oxygen atoms in total. The average Bonchev–Trinajstić information content (AvgIpc) is 3.09. The Labute approximate surface area is 147 Å². The number of sulfonamides is 1. The van der Waals surface area contributed by atoms with Gasteiger partial charge >= 0.3 is 6.18 Å². The molecule has 0 radical (unpaired) electrons. The zero-order valence-electron chi connectivity index (χ0n) is 13.5. The molecule has 0 amide bonds. The quantitative estimate of drug-likeness (QED) is 0.825. The Morgan fingerprint density at radius 2 is 2.00 bits per heavy atom. The van der Waals surface area contributed by atoms with Crippen LogP contribution in [0.3, 0.4) is 0 Å². The smallest absolute Gasteiger partial charge is 0.374 e. The number of aromatic nitrogens is 2. The summed E-state index contributed by atoms with van der Waals surface area (Å²) >= 11 is 0. The van der Waals surface area contributed by atoms with Gasteiger partial charge in [-0.05, 0) is 12.1 Å². The molecule has 2 N–H and O–H groups in total. The lowest BCUT2D eigenvalue weighted by Crippen LogP contribution is -2.45. The van der Waals surface area contributed by atoms with Crippen LogP contribution in [0.4, 0.5) is 13.2 Å². The number of hydrogen-bond acceptors (Lipinski definition) is 5. The minimum absolute atomic E-state index is 0.00827. The van der Waals surface area contributed by atoms with Gasteiger partial charge in [0.15, 0.2) is 0 Å². The van der Waals surface area contributed by atoms with Crippen LogP contribution in [0.5, 0.6) is 0 Å². The lowest BCUT2D eigenvalue weighted by atomic mass is 9.98. The van der Waals surface area contributed by atoms with Gasteiger partial charge in [0.25, 0.3) is 10.0 Å². The third-order valence-corrected chi connectivity index (χ3v) is 5.46. The number of hydrogen-bond donors (Lipinski definition) is 2. The first-order valence-electron chi connectivity index (χ1n) is 7.50. The molecule has 1 atom stereocenters. The third-order valence-electron chi connectivity index (χ3n) is 4.07. The Bertz CT molecular complexity index is 969. The van der Waals surface area contributed by atoms with E-state index in [-0.39, 0.29) is 16.3 Å². The second-order valence-corrected chi connectivity index (χ2v) is 7.45. The molecule has 0 bridgehead atoms. The Morgan fingerprint density at radius 1 is 1.31 bits per heavy atom. The van der Waals surface area contributed by atoms with Gasteiger partial charge in [-0.3, -0.25) is 9.71 Å². The Kier molecular flexibility index (Phi) is 4.31. The van der Waals surface area contributed by atoms with E-state index >= 15 is 0 Å². The Balaban J connectivity index is 1.88. The number of aliphatic hydroxyl groups is 1. The molecule has 26 heavy (non-hydrogen) atoms. The molecule has 0 fully saturated rings. The molecule has 0 unspecified atom stereocenters. The number of aryl methyl sites for hydroxylation is 1. The molecule has 140 valence electrons. The zero-order chi connectivity index (χ0) is 19.2. The largest absolute Gasteiger partial charge is 0.424 e. The van der Waals surface area contributed by atoms with Crippen LogP contribution < -0.4 is 4.72 Å². The van der Waals surface area contributed by atoms with E-state index in [2.05, 4.69) is 14.7 Å². The van der Waals surface area contributed by atoms with Crippen LogP contribution in [0.2, 0.25) is 0 Å². The van der Waals surface area contributed by atoms with E-state index in [4.69, 9.17) is 0 Å². The lowest BCUT2D eigenvalue weighted by molar-refractivity contribution is -0.272. The summed E-state index contributed by atoms with van der Waals surface area (Å²) in [7, 11) is -2.44. The van der Waals surface area contributed by atoms with Crippen LogP contribution in [-0.2, 0) is 22.7 Å². The minimum Gasteiger partial charge on any atom is -0.374 e. The number of amidine groups is 1. The van der Waals surface area contributed by atoms with Gasteiger partial charge < -0.3 is 9.67 Å². The summed E-state index contributed by atoms with van der Waals surface area (Å²) in [4.78, 5) is 7.53. The number of benzene rings is 1. The summed E-state index contributed by atoms with van der Waals surface area (Å²) in [6.07, 6.45) is -3.34. The molecule has 0 saturated carbocycles. The normalized spacial score (nSPS) is 19.8. The fourth-order valence-electron chi connectivity index (χ4n) is 2.73. The monoisotopic (exact) mass is 388 g/mol. The second kappa shape index (κ2) is 6.09. The van der Waals surface area contributed by atoms with Gasteiger partial charge in [-0.2, -0.15) is 13.2 Å². The molecular formula is C15H15F3N4O3S. The van der Waals surface area contributed by atoms with E-state index in [0.717, 1.165) is 10.8 Å². The number of alkyl halides is 3. The summed E-state index contributed by atoms with van der Waals surface area (Å²) in [5.74, 6) is -0.609. The van der Waals surface area contributed by atoms with E-state index in [1.165, 1.54) is 31.4 Å². The average molecular weight is 388 g/mol. The molecule has 0 saturated heterocycles. The highest BCUT2D eigenvalue weighted by Gasteiger charge is 2.57. The highest BCUT2D eigenvalue weighted by molar-refractivity contribution is 7.90. The van der Waals surface area contributed by atoms with Crippen molar-refractivity contribution in [2.75, 3.05) is 6.54 Å². The fourth-order valence-corrected chi connectivity index (χ4v) is 3.98. The van der Waals surface area contributed by atoms with Crippen molar-refractivity contribution in [3.63, 3.8) is 0 Å². The minimum atomic E-state index is -4.97. The molecule has 1 aliphatic heterocycles. The van der Waals surface area contributed by atoms with Gasteiger partial charge in [0.1, 0.15) is 11.7 Å². The SMILES string of the molecule is Cn1ccnc1[C@](O)(CCN=C1NS(=O)(=O)c2ccccc21)C(F)(F)F. The molecule has 2 heterocycles. The van der Waals surface area contributed by atoms with Gasteiger partial charge in [-0.25, -0.2) is 13.4 Å². The molecule has 1 aliphatic rings. The zero-order valence-corrected chi connectivity index (χ0v) is 14.3. The Hall–Kier alpha value is -2.40. The predicted octanol–water partition coefficient (Wildman–Crippen LogP) is 1.30. The summed E-state index contributed by atoms with van der Waals surface area (Å²) in [5.41, 5.74) is -2.92. The molecule has 11 heteroatoms. The van der Waals surface area contributed by atoms with E-state index in [1.807, 2.05) is 0 Å². The molecule has 1 aromatic carbocycles. The van der Waals surface area contributed by atoms with Crippen molar-refractivity contribution >= 4 is 15.9 Å². The van der Waals surface area contributed by atoms with Crippen molar-refractivity contribution in [2.45, 2.75) is 23.1 Å². The van der Waals surface area contributed by atoms with Crippen LogP contribution in [0.25, 0.3) is 0 Å². The number of imidazole rings is 1. The van der Waals surface area contributed by atoms with Crippen molar-refractivity contribution in [1.82, 2.24) is 14.3 Å². The number of halogens is 3. The molecule has 0 spiro atoms. The van der Waals surface area contributed by atoms with Crippen molar-refractivity contribution in [3.05, 3.63) is 48.0 Å². The van der Waals surface area contributed by atoms with E-state index in [9.17, 15) is 26.7 Å². The summed E-state index contributed by atoms with van der Waals surface area (Å²) in [5, 5.41) is 10.2. The Morgan fingerprint density at radius 3 is 2.62 bits per heavy atom. The molecular weight excluding hydrogens is 373 g/mol. The first kappa shape index (κ1) is 18.4. The number of nitrogens with zero attached hydrogens (tertiary/aromatic N) is 3. The summed E-state index contributed by atoms with van der Waals surface area (Å²) in [6, 6.07) is 6.00. The van der Waals surface area contributed by atoms with Crippen molar-refractivity contribution in [1.29, 1.82) is 0 Å². The second-order valence-electron chi connectivity index (χ2n) is 5.80. The van der Waals surface area contributed by atoms with Gasteiger partial charge in [-0.15, -0.1) is 0 Å². The number of fused-ring (bicyclic) bond motifs is 1. The standard InChI is InChI=1S/C15H15F3N4O3S/c1-22-9-8-20-13(22)14(23,15(16,17)18)6-7-19-12-10-4-2-3-5-11(10)26(24,25)21-12/h2-5,8-9,23H,6-7H2,1H3,(H,19,21)/t14-/m1/s1. The van der Waals surface area contributed by atoms with Crippen molar-refractivity contribution in [2.24, 2.45) is 12.0 Å². The van der Waals surface area contributed by atoms with Gasteiger partial charge in [0.2, 0.25) is 5.60 Å². The van der Waals surface area contributed by atoms with Crippen LogP contribution >= 0.6 is 0 Å². The van der Waals surface area contributed by atoms with Gasteiger partial charge in [0.05, 0.1) is 4.90 Å². The maximum atomic E-state index is 13.4. The highest BCUT2D eigenvalue weighted by atomic mass is 32.2. The first-order valence-corrected chi connectivity index (χ1v) is 8.98. The molecule has 3 rings (SSSR count). The fraction of sp³-hybridized carbons (Fsp3) is 0.333. The first-order chi connectivity index (χ1) is 12.1. The topological polar surface area (TPSA) is 96.6 Å². The van der Waals surface area contributed by atoms with Crippen LogP contribution in [-0.4, -0.2) is 41.6 Å². The molecule has 0 aliphatic carbocycles. The highest BCUT2D eigenvalue weighted by Crippen LogP contribution is 2.40. The maximum Gasteiger partial charge on any atom is 0.424 e. The summed E-state index contributed by atoms with van der Waals surface area (Å²) in [6.45, 7) is -0.463. The van der Waals surface area contributed by atoms with Crippen molar-refractivity contribution in [3.8, 4) is 0 Å². The van der Waals surface area contributed by atoms with Crippen LogP contribution in [0, 0.1) is 0 Å². The third kappa shape index (κ3) is 2.97. The van der Waals surface area contributed by atoms with E-state index < -0.39 is 40.6 Å². The number of nitrogens with one attached hydrogen (secondary N) is 1.